The first kappa shape index (κ1) is 14.3. The Kier molecular flexibility index (Phi) is 4.68. The summed E-state index contributed by atoms with van der Waals surface area (Å²) in [5.41, 5.74) is 0.403. The van der Waals surface area contributed by atoms with Crippen molar-refractivity contribution < 1.29 is 9.84 Å². The molecule has 0 bridgehead atoms. The molecule has 0 radical (unpaired) electrons. The normalized spacial score (nSPS) is 31.2. The molecule has 3 atom stereocenters. The largest absolute Gasteiger partial charge is 0.395 e. The molecule has 106 valence electrons. The van der Waals surface area contributed by atoms with Crippen LogP contribution in [0.3, 0.4) is 0 Å². The summed E-state index contributed by atoms with van der Waals surface area (Å²) in [5.74, 6) is 0.634. The molecule has 0 aromatic heterocycles. The lowest BCUT2D eigenvalue weighted by Gasteiger charge is -2.61. The summed E-state index contributed by atoms with van der Waals surface area (Å²) < 4.78 is 5.86. The lowest BCUT2D eigenvalue weighted by atomic mass is 9.51. The first-order valence-electron chi connectivity index (χ1n) is 7.61. The molecule has 0 aromatic carbocycles. The highest BCUT2D eigenvalue weighted by molar-refractivity contribution is 5.12. The lowest BCUT2D eigenvalue weighted by Crippen LogP contribution is -2.68. The Morgan fingerprint density at radius 1 is 1.39 bits per heavy atom. The van der Waals surface area contributed by atoms with E-state index in [1.165, 1.54) is 19.3 Å². The molecule has 2 aliphatic carbocycles. The smallest absolute Gasteiger partial charge is 0.0661 e. The van der Waals surface area contributed by atoms with Crippen molar-refractivity contribution in [1.82, 2.24) is 5.32 Å². The van der Waals surface area contributed by atoms with Gasteiger partial charge in [0.2, 0.25) is 0 Å². The Morgan fingerprint density at radius 2 is 2.11 bits per heavy atom. The number of rotatable bonds is 7. The summed E-state index contributed by atoms with van der Waals surface area (Å²) in [7, 11) is 0. The zero-order chi connectivity index (χ0) is 13.2. The summed E-state index contributed by atoms with van der Waals surface area (Å²) >= 11 is 0. The van der Waals surface area contributed by atoms with Crippen LogP contribution in [-0.4, -0.2) is 36.5 Å². The second-order valence-electron chi connectivity index (χ2n) is 6.49. The van der Waals surface area contributed by atoms with Crippen molar-refractivity contribution in [2.75, 3.05) is 13.2 Å². The maximum absolute atomic E-state index is 9.48. The summed E-state index contributed by atoms with van der Waals surface area (Å²) in [4.78, 5) is 0. The van der Waals surface area contributed by atoms with Gasteiger partial charge in [0.15, 0.2) is 0 Å². The lowest BCUT2D eigenvalue weighted by molar-refractivity contribution is -0.175. The number of nitrogens with one attached hydrogen (secondary N) is 1. The molecular weight excluding hydrogens is 226 g/mol. The highest BCUT2D eigenvalue weighted by Gasteiger charge is 2.58. The van der Waals surface area contributed by atoms with E-state index in [0.717, 1.165) is 19.4 Å². The SMILES string of the molecule is CCOC1CC(NC(CO)CC(C)C)C12CCC2. The number of aliphatic hydroxyl groups excluding tert-OH is 1. The van der Waals surface area contributed by atoms with Crippen LogP contribution in [0.15, 0.2) is 0 Å². The van der Waals surface area contributed by atoms with Crippen molar-refractivity contribution in [3.05, 3.63) is 0 Å². The average Bonchev–Trinajstić information content (AvgIpc) is 2.23. The Balaban J connectivity index is 1.86. The zero-order valence-electron chi connectivity index (χ0n) is 12.1. The molecule has 0 heterocycles. The van der Waals surface area contributed by atoms with E-state index < -0.39 is 0 Å². The van der Waals surface area contributed by atoms with Crippen LogP contribution in [0, 0.1) is 11.3 Å². The minimum absolute atomic E-state index is 0.254. The van der Waals surface area contributed by atoms with E-state index in [-0.39, 0.29) is 12.6 Å². The third kappa shape index (κ3) is 2.59. The van der Waals surface area contributed by atoms with Crippen LogP contribution in [0.5, 0.6) is 0 Å². The van der Waals surface area contributed by atoms with Gasteiger partial charge in [0.25, 0.3) is 0 Å². The molecule has 3 heteroatoms. The highest BCUT2D eigenvalue weighted by atomic mass is 16.5. The molecular formula is C15H29NO2. The van der Waals surface area contributed by atoms with Gasteiger partial charge in [-0.25, -0.2) is 0 Å². The fraction of sp³-hybridized carbons (Fsp3) is 1.00. The van der Waals surface area contributed by atoms with Crippen molar-refractivity contribution in [2.24, 2.45) is 11.3 Å². The fourth-order valence-corrected chi connectivity index (χ4v) is 3.72. The second kappa shape index (κ2) is 5.89. The quantitative estimate of drug-likeness (QED) is 0.733. The summed E-state index contributed by atoms with van der Waals surface area (Å²) in [6.07, 6.45) is 6.59. The Morgan fingerprint density at radius 3 is 2.56 bits per heavy atom. The molecule has 3 nitrogen and oxygen atoms in total. The van der Waals surface area contributed by atoms with Crippen LogP contribution in [0.25, 0.3) is 0 Å². The molecule has 0 aliphatic heterocycles. The van der Waals surface area contributed by atoms with E-state index in [4.69, 9.17) is 4.74 Å². The predicted molar refractivity (Wildman–Crippen MR) is 73.6 cm³/mol. The van der Waals surface area contributed by atoms with E-state index in [2.05, 4.69) is 26.1 Å². The molecule has 18 heavy (non-hydrogen) atoms. The predicted octanol–water partition coefficient (Wildman–Crippen LogP) is 2.33. The molecule has 2 rings (SSSR count). The Labute approximate surface area is 111 Å². The van der Waals surface area contributed by atoms with Gasteiger partial charge in [0, 0.05) is 24.1 Å². The second-order valence-corrected chi connectivity index (χ2v) is 6.49. The molecule has 3 unspecified atom stereocenters. The number of aliphatic hydroxyl groups is 1. The van der Waals surface area contributed by atoms with Gasteiger partial charge in [0.1, 0.15) is 0 Å². The van der Waals surface area contributed by atoms with Gasteiger partial charge in [-0.1, -0.05) is 20.3 Å². The van der Waals surface area contributed by atoms with Gasteiger partial charge in [-0.05, 0) is 38.5 Å². The standard InChI is InChI=1S/C15H29NO2/c1-4-18-14-9-13(15(14)6-5-7-15)16-12(10-17)8-11(2)3/h11-14,16-17H,4-10H2,1-3H3. The van der Waals surface area contributed by atoms with Crippen LogP contribution >= 0.6 is 0 Å². The molecule has 0 saturated heterocycles. The zero-order valence-corrected chi connectivity index (χ0v) is 12.1. The third-order valence-corrected chi connectivity index (χ3v) is 4.85. The van der Waals surface area contributed by atoms with E-state index in [0.29, 0.717) is 23.5 Å². The first-order valence-corrected chi connectivity index (χ1v) is 7.61. The van der Waals surface area contributed by atoms with Crippen molar-refractivity contribution in [1.29, 1.82) is 0 Å². The topological polar surface area (TPSA) is 41.5 Å². The summed E-state index contributed by atoms with van der Waals surface area (Å²) in [6, 6.07) is 0.828. The van der Waals surface area contributed by atoms with Crippen LogP contribution in [0.2, 0.25) is 0 Å². The molecule has 2 saturated carbocycles. The Hall–Kier alpha value is -0.120. The first-order chi connectivity index (χ1) is 8.62. The van der Waals surface area contributed by atoms with Gasteiger partial charge in [-0.2, -0.15) is 0 Å². The monoisotopic (exact) mass is 255 g/mol. The van der Waals surface area contributed by atoms with E-state index in [9.17, 15) is 5.11 Å². The van der Waals surface area contributed by atoms with E-state index in [1.54, 1.807) is 0 Å². The van der Waals surface area contributed by atoms with Gasteiger partial charge >= 0.3 is 0 Å². The molecule has 1 spiro atoms. The molecule has 2 fully saturated rings. The van der Waals surface area contributed by atoms with Crippen LogP contribution in [0.4, 0.5) is 0 Å². The van der Waals surface area contributed by atoms with Crippen LogP contribution < -0.4 is 5.32 Å². The number of ether oxygens (including phenoxy) is 1. The van der Waals surface area contributed by atoms with Gasteiger partial charge in [-0.15, -0.1) is 0 Å². The third-order valence-electron chi connectivity index (χ3n) is 4.85. The van der Waals surface area contributed by atoms with Crippen molar-refractivity contribution >= 4 is 0 Å². The van der Waals surface area contributed by atoms with Crippen LogP contribution in [0.1, 0.15) is 52.9 Å². The van der Waals surface area contributed by atoms with Crippen LogP contribution in [-0.2, 0) is 4.74 Å². The van der Waals surface area contributed by atoms with Crippen molar-refractivity contribution in [3.63, 3.8) is 0 Å². The molecule has 2 aliphatic rings. The minimum Gasteiger partial charge on any atom is -0.395 e. The van der Waals surface area contributed by atoms with E-state index >= 15 is 0 Å². The summed E-state index contributed by atoms with van der Waals surface area (Å²) in [6.45, 7) is 7.60. The average molecular weight is 255 g/mol. The molecule has 0 aromatic rings. The maximum Gasteiger partial charge on any atom is 0.0661 e. The van der Waals surface area contributed by atoms with E-state index in [1.807, 2.05) is 0 Å². The minimum atomic E-state index is 0.254. The molecule has 0 amide bonds. The van der Waals surface area contributed by atoms with Gasteiger partial charge in [0.05, 0.1) is 12.7 Å². The van der Waals surface area contributed by atoms with Gasteiger partial charge in [-0.3, -0.25) is 0 Å². The molecule has 2 N–H and O–H groups in total. The Bertz CT molecular complexity index is 263. The number of hydrogen-bond acceptors (Lipinski definition) is 3. The van der Waals surface area contributed by atoms with Crippen molar-refractivity contribution in [3.8, 4) is 0 Å². The van der Waals surface area contributed by atoms with Gasteiger partial charge < -0.3 is 15.2 Å². The highest BCUT2D eigenvalue weighted by Crippen LogP contribution is 2.57. The maximum atomic E-state index is 9.48. The fourth-order valence-electron chi connectivity index (χ4n) is 3.72. The van der Waals surface area contributed by atoms with Crippen molar-refractivity contribution in [2.45, 2.75) is 71.1 Å². The number of hydrogen-bond donors (Lipinski definition) is 2. The summed E-state index contributed by atoms with van der Waals surface area (Å²) in [5, 5.41) is 13.2.